The summed E-state index contributed by atoms with van der Waals surface area (Å²) >= 11 is 3.35. The highest BCUT2D eigenvalue weighted by molar-refractivity contribution is 9.10. The summed E-state index contributed by atoms with van der Waals surface area (Å²) in [4.78, 5) is 35.9. The number of aromatic nitrogens is 2. The number of nitrogens with zero attached hydrogens (tertiary/aromatic N) is 4. The van der Waals surface area contributed by atoms with Gasteiger partial charge in [0.25, 0.3) is 5.91 Å². The van der Waals surface area contributed by atoms with Gasteiger partial charge in [0.1, 0.15) is 29.2 Å². The highest BCUT2D eigenvalue weighted by Crippen LogP contribution is 2.29. The minimum Gasteiger partial charge on any atom is -0.485 e. The molecule has 2 heterocycles. The Morgan fingerprint density at radius 3 is 2.52 bits per heavy atom. The number of anilines is 3. The molecule has 0 unspecified atom stereocenters. The molecule has 0 spiro atoms. The van der Waals surface area contributed by atoms with Gasteiger partial charge in [0.15, 0.2) is 0 Å². The molecule has 1 saturated heterocycles. The van der Waals surface area contributed by atoms with Gasteiger partial charge in [-0.15, -0.1) is 0 Å². The van der Waals surface area contributed by atoms with E-state index in [2.05, 4.69) is 31.2 Å². The maximum absolute atomic E-state index is 13.4. The molecular weight excluding hydrogens is 493 g/mol. The van der Waals surface area contributed by atoms with Gasteiger partial charge in [0.05, 0.1) is 30.0 Å². The summed E-state index contributed by atoms with van der Waals surface area (Å²) < 4.78 is 19.9. The fraction of sp³-hybridized carbons (Fsp3) is 0.217. The van der Waals surface area contributed by atoms with Crippen LogP contribution in [0.2, 0.25) is 0 Å². The van der Waals surface area contributed by atoms with E-state index in [1.807, 2.05) is 4.90 Å². The maximum atomic E-state index is 13.4. The third kappa shape index (κ3) is 5.28. The Kier molecular flexibility index (Phi) is 6.55. The fourth-order valence-corrected chi connectivity index (χ4v) is 3.53. The first kappa shape index (κ1) is 22.7. The molecule has 1 N–H and O–H groups in total. The molecule has 2 amide bonds. The molecule has 1 fully saturated rings. The molecule has 33 heavy (non-hydrogen) atoms. The van der Waals surface area contributed by atoms with Gasteiger partial charge < -0.3 is 19.9 Å². The SMILES string of the molecule is CC(=O)N(C)c1ccc(NC(=O)c2cnc(N3CC(Oc4cc(F)ccc4Br)C3)cn2)cc1. The van der Waals surface area contributed by atoms with Crippen molar-refractivity contribution in [2.24, 2.45) is 0 Å². The van der Waals surface area contributed by atoms with Crippen LogP contribution in [0.5, 0.6) is 5.75 Å². The molecule has 1 aromatic heterocycles. The van der Waals surface area contributed by atoms with Gasteiger partial charge in [-0.25, -0.2) is 14.4 Å². The molecule has 1 aliphatic heterocycles. The smallest absolute Gasteiger partial charge is 0.275 e. The molecule has 0 atom stereocenters. The molecule has 3 aromatic rings. The second kappa shape index (κ2) is 9.53. The van der Waals surface area contributed by atoms with Gasteiger partial charge >= 0.3 is 0 Å². The van der Waals surface area contributed by atoms with E-state index >= 15 is 0 Å². The third-order valence-corrected chi connectivity index (χ3v) is 5.87. The molecule has 1 aliphatic rings. The number of rotatable bonds is 6. The van der Waals surface area contributed by atoms with Crippen molar-refractivity contribution in [1.29, 1.82) is 0 Å². The third-order valence-electron chi connectivity index (χ3n) is 5.21. The van der Waals surface area contributed by atoms with Crippen LogP contribution in [0.3, 0.4) is 0 Å². The number of hydrogen-bond acceptors (Lipinski definition) is 6. The van der Waals surface area contributed by atoms with Gasteiger partial charge in [-0.2, -0.15) is 0 Å². The number of nitrogens with one attached hydrogen (secondary N) is 1. The van der Waals surface area contributed by atoms with E-state index in [-0.39, 0.29) is 29.4 Å². The van der Waals surface area contributed by atoms with Crippen molar-refractivity contribution in [3.05, 3.63) is 70.8 Å². The Labute approximate surface area is 198 Å². The molecule has 0 bridgehead atoms. The van der Waals surface area contributed by atoms with Crippen LogP contribution in [0.25, 0.3) is 0 Å². The minimum absolute atomic E-state index is 0.0796. The van der Waals surface area contributed by atoms with Crippen molar-refractivity contribution >= 4 is 44.9 Å². The normalized spacial score (nSPS) is 13.3. The summed E-state index contributed by atoms with van der Waals surface area (Å²) in [5.41, 5.74) is 1.49. The summed E-state index contributed by atoms with van der Waals surface area (Å²) in [5.74, 6) is 0.259. The number of amides is 2. The quantitative estimate of drug-likeness (QED) is 0.538. The molecule has 0 saturated carbocycles. The molecule has 4 rings (SSSR count). The van der Waals surface area contributed by atoms with E-state index in [1.165, 1.54) is 36.4 Å². The van der Waals surface area contributed by atoms with Crippen molar-refractivity contribution in [3.8, 4) is 5.75 Å². The number of hydrogen-bond donors (Lipinski definition) is 1. The zero-order chi connectivity index (χ0) is 23.5. The molecule has 0 radical (unpaired) electrons. The highest BCUT2D eigenvalue weighted by atomic mass is 79.9. The molecule has 10 heteroatoms. The lowest BCUT2D eigenvalue weighted by molar-refractivity contribution is -0.116. The van der Waals surface area contributed by atoms with E-state index < -0.39 is 0 Å². The van der Waals surface area contributed by atoms with E-state index in [1.54, 1.807) is 37.4 Å². The molecule has 0 aliphatic carbocycles. The predicted octanol–water partition coefficient (Wildman–Crippen LogP) is 3.88. The first-order valence-electron chi connectivity index (χ1n) is 10.1. The Morgan fingerprint density at radius 1 is 1.15 bits per heavy atom. The van der Waals surface area contributed by atoms with Crippen LogP contribution in [0.1, 0.15) is 17.4 Å². The zero-order valence-electron chi connectivity index (χ0n) is 18.0. The van der Waals surface area contributed by atoms with E-state index in [9.17, 15) is 14.0 Å². The standard InChI is InChI=1S/C23H21BrFN5O3/c1-14(31)29(2)17-6-4-16(5-7-17)28-23(32)20-10-27-22(11-26-20)30-12-18(13-30)33-21-9-15(25)3-8-19(21)24/h3-11,18H,12-13H2,1-2H3,(H,28,32). The van der Waals surface area contributed by atoms with Crippen LogP contribution >= 0.6 is 15.9 Å². The average Bonchev–Trinajstić information content (AvgIpc) is 2.78. The summed E-state index contributed by atoms with van der Waals surface area (Å²) in [7, 11) is 1.68. The maximum Gasteiger partial charge on any atom is 0.275 e. The first-order valence-corrected chi connectivity index (χ1v) is 10.9. The number of carbonyl (C=O) groups is 2. The van der Waals surface area contributed by atoms with Crippen molar-refractivity contribution in [1.82, 2.24) is 9.97 Å². The minimum atomic E-state index is -0.387. The molecule has 2 aromatic carbocycles. The average molecular weight is 514 g/mol. The lowest BCUT2D eigenvalue weighted by atomic mass is 10.1. The Balaban J connectivity index is 1.31. The second-order valence-electron chi connectivity index (χ2n) is 7.56. The summed E-state index contributed by atoms with van der Waals surface area (Å²) in [6.07, 6.45) is 2.85. The number of ether oxygens (including phenoxy) is 1. The van der Waals surface area contributed by atoms with E-state index in [0.29, 0.717) is 34.8 Å². The monoisotopic (exact) mass is 513 g/mol. The highest BCUT2D eigenvalue weighted by Gasteiger charge is 2.30. The van der Waals surface area contributed by atoms with Crippen LogP contribution in [0, 0.1) is 5.82 Å². The molecule has 170 valence electrons. The first-order chi connectivity index (χ1) is 15.8. The fourth-order valence-electron chi connectivity index (χ4n) is 3.19. The lowest BCUT2D eigenvalue weighted by Crippen LogP contribution is -2.54. The lowest BCUT2D eigenvalue weighted by Gasteiger charge is -2.39. The van der Waals surface area contributed by atoms with Crippen LogP contribution < -0.4 is 19.9 Å². The van der Waals surface area contributed by atoms with Gasteiger partial charge in [-0.1, -0.05) is 0 Å². The molecule has 8 nitrogen and oxygen atoms in total. The second-order valence-corrected chi connectivity index (χ2v) is 8.41. The van der Waals surface area contributed by atoms with Gasteiger partial charge in [0.2, 0.25) is 5.91 Å². The van der Waals surface area contributed by atoms with Crippen molar-refractivity contribution in [2.45, 2.75) is 13.0 Å². The number of carbonyl (C=O) groups excluding carboxylic acids is 2. The van der Waals surface area contributed by atoms with Crippen LogP contribution in [-0.4, -0.2) is 48.0 Å². The summed E-state index contributed by atoms with van der Waals surface area (Å²) in [6, 6.07) is 11.2. The topological polar surface area (TPSA) is 87.7 Å². The largest absolute Gasteiger partial charge is 0.485 e. The van der Waals surface area contributed by atoms with Gasteiger partial charge in [-0.05, 0) is 52.3 Å². The number of benzene rings is 2. The van der Waals surface area contributed by atoms with Gasteiger partial charge in [-0.3, -0.25) is 9.59 Å². The zero-order valence-corrected chi connectivity index (χ0v) is 19.5. The van der Waals surface area contributed by atoms with Gasteiger partial charge in [0, 0.05) is 31.4 Å². The van der Waals surface area contributed by atoms with Crippen LogP contribution in [0.15, 0.2) is 59.3 Å². The summed E-state index contributed by atoms with van der Waals surface area (Å²) in [5, 5.41) is 2.76. The Morgan fingerprint density at radius 2 is 1.88 bits per heavy atom. The van der Waals surface area contributed by atoms with Crippen molar-refractivity contribution in [2.75, 3.05) is 35.3 Å². The van der Waals surface area contributed by atoms with Crippen molar-refractivity contribution < 1.29 is 18.7 Å². The predicted molar refractivity (Wildman–Crippen MR) is 126 cm³/mol. The van der Waals surface area contributed by atoms with Crippen molar-refractivity contribution in [3.63, 3.8) is 0 Å². The Bertz CT molecular complexity index is 1170. The summed E-state index contributed by atoms with van der Waals surface area (Å²) in [6.45, 7) is 2.63. The molecular formula is C23H21BrFN5O3. The van der Waals surface area contributed by atoms with E-state index in [0.717, 1.165) is 5.69 Å². The van der Waals surface area contributed by atoms with Crippen LogP contribution in [0.4, 0.5) is 21.6 Å². The van der Waals surface area contributed by atoms with Crippen LogP contribution in [-0.2, 0) is 4.79 Å². The number of halogens is 2. The van der Waals surface area contributed by atoms with E-state index in [4.69, 9.17) is 4.74 Å². The Hall–Kier alpha value is -3.53.